The van der Waals surface area contributed by atoms with Gasteiger partial charge in [0.05, 0.1) is 6.61 Å². The molecule has 2 fully saturated rings. The summed E-state index contributed by atoms with van der Waals surface area (Å²) < 4.78 is 33.3. The van der Waals surface area contributed by atoms with E-state index in [0.29, 0.717) is 0 Å². The minimum Gasteiger partial charge on any atom is -0.394 e. The zero-order valence-corrected chi connectivity index (χ0v) is 12.9. The van der Waals surface area contributed by atoms with Gasteiger partial charge in [-0.2, -0.15) is 0 Å². The van der Waals surface area contributed by atoms with Crippen molar-refractivity contribution in [3.8, 4) is 0 Å². The highest BCUT2D eigenvalue weighted by molar-refractivity contribution is 4.93. The van der Waals surface area contributed by atoms with Crippen LogP contribution in [0.25, 0.3) is 0 Å². The lowest BCUT2D eigenvalue weighted by atomic mass is 9.97. The van der Waals surface area contributed by atoms with Crippen LogP contribution in [0.5, 0.6) is 0 Å². The van der Waals surface area contributed by atoms with Gasteiger partial charge in [0.1, 0.15) is 55.5 Å². The van der Waals surface area contributed by atoms with E-state index in [4.69, 9.17) is 18.9 Å². The molecule has 2 aliphatic rings. The van der Waals surface area contributed by atoms with Crippen LogP contribution in [0.2, 0.25) is 0 Å². The second-order valence-electron chi connectivity index (χ2n) is 5.71. The first-order chi connectivity index (χ1) is 11.3. The molecule has 0 saturated carbocycles. The van der Waals surface area contributed by atoms with Crippen LogP contribution in [0.15, 0.2) is 0 Å². The summed E-state index contributed by atoms with van der Waals surface area (Å²) in [6.45, 7) is -1.76. The molecule has 24 heavy (non-hydrogen) atoms. The maximum Gasteiger partial charge on any atom is 0.187 e. The summed E-state index contributed by atoms with van der Waals surface area (Å²) in [6.07, 6.45) is -15.0. The van der Waals surface area contributed by atoms with Crippen LogP contribution in [-0.2, 0) is 18.9 Å². The van der Waals surface area contributed by atoms with Crippen LogP contribution in [0.1, 0.15) is 0 Å². The first kappa shape index (κ1) is 19.8. The van der Waals surface area contributed by atoms with E-state index >= 15 is 0 Å². The molecule has 2 heterocycles. The molecule has 0 unspecified atom stereocenters. The highest BCUT2D eigenvalue weighted by Gasteiger charge is 2.50. The minimum absolute atomic E-state index is 0.616. The summed E-state index contributed by atoms with van der Waals surface area (Å²) in [7, 11) is 1.23. The molecule has 10 atom stereocenters. The maximum absolute atomic E-state index is 12.9. The van der Waals surface area contributed by atoms with Crippen molar-refractivity contribution < 1.29 is 54.0 Å². The summed E-state index contributed by atoms with van der Waals surface area (Å²) in [5.74, 6) is 0. The van der Waals surface area contributed by atoms with Gasteiger partial charge in [0.15, 0.2) is 12.6 Å². The third-order valence-corrected chi connectivity index (χ3v) is 4.16. The number of ether oxygens (including phenoxy) is 4. The maximum atomic E-state index is 12.9. The Bertz CT molecular complexity index is 397. The fraction of sp³-hybridized carbons (Fsp3) is 1.00. The van der Waals surface area contributed by atoms with Crippen molar-refractivity contribution >= 4 is 0 Å². The molecule has 2 saturated heterocycles. The molecule has 6 N–H and O–H groups in total. The Kier molecular flexibility index (Phi) is 6.84. The van der Waals surface area contributed by atoms with Crippen molar-refractivity contribution in [2.24, 2.45) is 0 Å². The van der Waals surface area contributed by atoms with Crippen molar-refractivity contribution in [3.05, 3.63) is 0 Å². The average molecular weight is 358 g/mol. The summed E-state index contributed by atoms with van der Waals surface area (Å²) in [5, 5.41) is 58.6. The predicted octanol–water partition coefficient (Wildman–Crippen LogP) is -3.77. The van der Waals surface area contributed by atoms with Gasteiger partial charge in [0.25, 0.3) is 0 Å². The monoisotopic (exact) mass is 358 g/mol. The van der Waals surface area contributed by atoms with Gasteiger partial charge in [-0.15, -0.1) is 0 Å². The van der Waals surface area contributed by atoms with E-state index in [-0.39, 0.29) is 0 Å². The van der Waals surface area contributed by atoms with E-state index < -0.39 is 74.7 Å². The van der Waals surface area contributed by atoms with Gasteiger partial charge in [-0.25, -0.2) is 4.39 Å². The normalized spacial score (nSPS) is 50.0. The fourth-order valence-corrected chi connectivity index (χ4v) is 2.73. The molecule has 0 aliphatic carbocycles. The summed E-state index contributed by atoms with van der Waals surface area (Å²) in [6, 6.07) is 0. The fourth-order valence-electron chi connectivity index (χ4n) is 2.73. The summed E-state index contributed by atoms with van der Waals surface area (Å²) in [4.78, 5) is 0. The van der Waals surface area contributed by atoms with Gasteiger partial charge in [0, 0.05) is 7.11 Å². The lowest BCUT2D eigenvalue weighted by Crippen LogP contribution is -2.64. The molecule has 2 rings (SSSR count). The van der Waals surface area contributed by atoms with Gasteiger partial charge in [-0.1, -0.05) is 0 Å². The zero-order valence-electron chi connectivity index (χ0n) is 12.9. The number of aliphatic hydroxyl groups excluding tert-OH is 6. The van der Waals surface area contributed by atoms with Crippen LogP contribution < -0.4 is 0 Å². The van der Waals surface area contributed by atoms with E-state index in [0.717, 1.165) is 0 Å². The topological polar surface area (TPSA) is 158 Å². The molecule has 142 valence electrons. The molecule has 10 nitrogen and oxygen atoms in total. The molecule has 0 spiro atoms. The number of alkyl halides is 1. The van der Waals surface area contributed by atoms with Gasteiger partial charge in [-0.3, -0.25) is 0 Å². The Morgan fingerprint density at radius 2 is 1.42 bits per heavy atom. The summed E-state index contributed by atoms with van der Waals surface area (Å²) >= 11 is 0. The van der Waals surface area contributed by atoms with Crippen molar-refractivity contribution in [1.29, 1.82) is 0 Å². The second kappa shape index (κ2) is 8.27. The van der Waals surface area contributed by atoms with Crippen molar-refractivity contribution in [3.63, 3.8) is 0 Å². The average Bonchev–Trinajstić information content (AvgIpc) is 2.59. The Morgan fingerprint density at radius 1 is 0.833 bits per heavy atom. The molecule has 0 aromatic rings. The summed E-state index contributed by atoms with van der Waals surface area (Å²) in [5.41, 5.74) is 0. The van der Waals surface area contributed by atoms with Crippen molar-refractivity contribution in [1.82, 2.24) is 0 Å². The molecule has 0 amide bonds. The Balaban J connectivity index is 2.12. The Hall–Kier alpha value is -0.470. The lowest BCUT2D eigenvalue weighted by molar-refractivity contribution is -0.356. The molecule has 2 aliphatic heterocycles. The minimum atomic E-state index is -1.74. The first-order valence-electron chi connectivity index (χ1n) is 7.42. The highest BCUT2D eigenvalue weighted by atomic mass is 19.1. The molecule has 0 radical (unpaired) electrons. The molecule has 11 heteroatoms. The van der Waals surface area contributed by atoms with Gasteiger partial charge in [0.2, 0.25) is 0 Å². The smallest absolute Gasteiger partial charge is 0.187 e. The molecule has 0 aromatic carbocycles. The van der Waals surface area contributed by atoms with E-state index in [1.807, 2.05) is 0 Å². The number of halogens is 1. The third-order valence-electron chi connectivity index (χ3n) is 4.16. The van der Waals surface area contributed by atoms with Crippen LogP contribution in [-0.4, -0.2) is 112 Å². The number of hydrogen-bond acceptors (Lipinski definition) is 10. The second-order valence-corrected chi connectivity index (χ2v) is 5.71. The number of hydrogen-bond donors (Lipinski definition) is 6. The molecule has 0 bridgehead atoms. The van der Waals surface area contributed by atoms with Gasteiger partial charge < -0.3 is 49.6 Å². The predicted molar refractivity (Wildman–Crippen MR) is 72.3 cm³/mol. The van der Waals surface area contributed by atoms with Gasteiger partial charge in [-0.05, 0) is 0 Å². The Labute approximate surface area is 136 Å². The van der Waals surface area contributed by atoms with Crippen LogP contribution in [0.4, 0.5) is 4.39 Å². The first-order valence-corrected chi connectivity index (χ1v) is 7.42. The molecular weight excluding hydrogens is 335 g/mol. The standard InChI is InChI=1S/C13H23FO10/c1-21-12-10(20)8(18)11(5(3-15)23-12)24-13-9(19)7(17)6(16)4(2-14)22-13/h4-13,15-20H,2-3H2,1H3/t4-,5-,6+,7+,8-,9-,10-,11-,12-,13+/m1/s1. The van der Waals surface area contributed by atoms with Crippen LogP contribution in [0, 0.1) is 0 Å². The highest BCUT2D eigenvalue weighted by Crippen LogP contribution is 2.29. The molecule has 0 aromatic heterocycles. The van der Waals surface area contributed by atoms with Crippen LogP contribution >= 0.6 is 0 Å². The SMILES string of the molecule is CO[C@@H]1O[C@H](CO)[C@@H](O[C@@H]2O[C@H](CF)[C@H](O)[C@H](O)[C@H]2O)[C@H](O)[C@H]1O. The Morgan fingerprint density at radius 3 is 1.96 bits per heavy atom. The lowest BCUT2D eigenvalue weighted by Gasteiger charge is -2.45. The number of aliphatic hydroxyl groups is 6. The van der Waals surface area contributed by atoms with Crippen molar-refractivity contribution in [2.45, 2.75) is 61.4 Å². The van der Waals surface area contributed by atoms with E-state index in [1.165, 1.54) is 7.11 Å². The van der Waals surface area contributed by atoms with Crippen molar-refractivity contribution in [2.75, 3.05) is 20.4 Å². The van der Waals surface area contributed by atoms with Gasteiger partial charge >= 0.3 is 0 Å². The molecular formula is C13H23FO10. The quantitative estimate of drug-likeness (QED) is 0.288. The van der Waals surface area contributed by atoms with Crippen LogP contribution in [0.3, 0.4) is 0 Å². The number of rotatable bonds is 5. The largest absolute Gasteiger partial charge is 0.394 e. The van der Waals surface area contributed by atoms with E-state index in [9.17, 15) is 35.0 Å². The van der Waals surface area contributed by atoms with E-state index in [1.54, 1.807) is 0 Å². The zero-order chi connectivity index (χ0) is 18.0. The number of methoxy groups -OCH3 is 1. The third kappa shape index (κ3) is 3.70. The van der Waals surface area contributed by atoms with E-state index in [2.05, 4.69) is 0 Å².